The Kier molecular flexibility index (Phi) is 9.96. The fraction of sp³-hybridized carbons (Fsp3) is 0.667. The Labute approximate surface area is 212 Å². The Morgan fingerprint density at radius 1 is 1.06 bits per heavy atom. The van der Waals surface area contributed by atoms with Gasteiger partial charge in [-0.15, -0.1) is 0 Å². The number of hydrogen-bond acceptors (Lipinski definition) is 5. The molecule has 0 radical (unpaired) electrons. The fourth-order valence-electron chi connectivity index (χ4n) is 5.23. The Morgan fingerprint density at radius 2 is 1.75 bits per heavy atom. The number of carboxylic acids is 1. The molecule has 2 amide bonds. The lowest BCUT2D eigenvalue weighted by Crippen LogP contribution is -2.45. The molecule has 0 heterocycles. The van der Waals surface area contributed by atoms with Gasteiger partial charge in [-0.2, -0.15) is 0 Å². The Bertz CT molecular complexity index is 927. The smallest absolute Gasteiger partial charge is 0.306 e. The van der Waals surface area contributed by atoms with Crippen molar-refractivity contribution in [1.29, 1.82) is 0 Å². The highest BCUT2D eigenvalue weighted by molar-refractivity contribution is 5.98. The van der Waals surface area contributed by atoms with Gasteiger partial charge in [0.15, 0.2) is 11.6 Å². The molecule has 2 saturated carbocycles. The van der Waals surface area contributed by atoms with Crippen molar-refractivity contribution in [2.45, 2.75) is 83.8 Å². The van der Waals surface area contributed by atoms with Crippen molar-refractivity contribution in [3.63, 3.8) is 0 Å². The van der Waals surface area contributed by atoms with Gasteiger partial charge in [0.1, 0.15) is 5.75 Å². The van der Waals surface area contributed by atoms with Crippen LogP contribution in [0.3, 0.4) is 0 Å². The lowest BCUT2D eigenvalue weighted by atomic mass is 9.87. The van der Waals surface area contributed by atoms with Crippen LogP contribution in [0.1, 0.15) is 82.0 Å². The van der Waals surface area contributed by atoms with Gasteiger partial charge in [0.2, 0.25) is 5.91 Å². The van der Waals surface area contributed by atoms with Crippen LogP contribution in [0.4, 0.5) is 4.39 Å². The van der Waals surface area contributed by atoms with Gasteiger partial charge >= 0.3 is 5.97 Å². The van der Waals surface area contributed by atoms with Crippen LogP contribution < -0.4 is 20.1 Å². The highest BCUT2D eigenvalue weighted by Crippen LogP contribution is 2.33. The number of amides is 2. The summed E-state index contributed by atoms with van der Waals surface area (Å²) in [6.45, 7) is 4.84. The number of hydrogen-bond donors (Lipinski definition) is 3. The molecule has 0 aromatic heterocycles. The van der Waals surface area contributed by atoms with Gasteiger partial charge in [0.25, 0.3) is 5.91 Å². The first-order valence-corrected chi connectivity index (χ1v) is 13.1. The number of methoxy groups -OCH3 is 1. The molecular weight excluding hydrogens is 467 g/mol. The summed E-state index contributed by atoms with van der Waals surface area (Å²) in [6.07, 6.45) is 5.83. The minimum Gasteiger partial charge on any atom is -0.496 e. The molecule has 0 aliphatic heterocycles. The zero-order valence-corrected chi connectivity index (χ0v) is 21.5. The molecule has 0 bridgehead atoms. The SMILES string of the molecule is CCC(CC)CNC(=O)C1CCCC1NC(=O)c1cc(OC2CCC(C(=O)O)CC2)c(F)cc1OC. The number of carboxylic acid groups (broad SMARTS) is 1. The first kappa shape index (κ1) is 27.7. The second-order valence-corrected chi connectivity index (χ2v) is 9.96. The average molecular weight is 507 g/mol. The second-order valence-electron chi connectivity index (χ2n) is 9.96. The first-order valence-electron chi connectivity index (χ1n) is 13.1. The summed E-state index contributed by atoms with van der Waals surface area (Å²) in [5.41, 5.74) is 0.135. The normalized spacial score (nSPS) is 23.8. The van der Waals surface area contributed by atoms with E-state index in [0.717, 1.165) is 25.3 Å². The van der Waals surface area contributed by atoms with Gasteiger partial charge in [0, 0.05) is 18.7 Å². The van der Waals surface area contributed by atoms with E-state index in [-0.39, 0.29) is 41.0 Å². The molecule has 36 heavy (non-hydrogen) atoms. The fourth-order valence-corrected chi connectivity index (χ4v) is 5.23. The van der Waals surface area contributed by atoms with Crippen LogP contribution in [-0.4, -0.2) is 48.7 Å². The molecule has 0 saturated heterocycles. The van der Waals surface area contributed by atoms with E-state index in [1.165, 1.54) is 13.2 Å². The number of carbonyl (C=O) groups is 3. The number of halogens is 1. The van der Waals surface area contributed by atoms with Crippen molar-refractivity contribution >= 4 is 17.8 Å². The summed E-state index contributed by atoms with van der Waals surface area (Å²) in [5, 5.41) is 15.2. The number of carbonyl (C=O) groups excluding carboxylic acids is 2. The third-order valence-electron chi connectivity index (χ3n) is 7.70. The minimum absolute atomic E-state index is 0.0447. The molecule has 1 aromatic rings. The van der Waals surface area contributed by atoms with E-state index in [1.54, 1.807) is 0 Å². The molecule has 3 rings (SSSR count). The van der Waals surface area contributed by atoms with Crippen molar-refractivity contribution < 1.29 is 33.4 Å². The predicted molar refractivity (Wildman–Crippen MR) is 133 cm³/mol. The summed E-state index contributed by atoms with van der Waals surface area (Å²) in [7, 11) is 1.36. The predicted octanol–water partition coefficient (Wildman–Crippen LogP) is 4.31. The molecule has 8 nitrogen and oxygen atoms in total. The van der Waals surface area contributed by atoms with E-state index in [2.05, 4.69) is 24.5 Å². The monoisotopic (exact) mass is 506 g/mol. The van der Waals surface area contributed by atoms with Crippen LogP contribution in [0, 0.1) is 23.6 Å². The molecule has 3 N–H and O–H groups in total. The molecule has 2 unspecified atom stereocenters. The van der Waals surface area contributed by atoms with Crippen molar-refractivity contribution in [3.8, 4) is 11.5 Å². The highest BCUT2D eigenvalue weighted by Gasteiger charge is 2.35. The minimum atomic E-state index is -0.822. The van der Waals surface area contributed by atoms with Crippen molar-refractivity contribution in [3.05, 3.63) is 23.5 Å². The van der Waals surface area contributed by atoms with E-state index in [4.69, 9.17) is 9.47 Å². The average Bonchev–Trinajstić information content (AvgIpc) is 3.33. The van der Waals surface area contributed by atoms with Crippen LogP contribution in [0.2, 0.25) is 0 Å². The summed E-state index contributed by atoms with van der Waals surface area (Å²) >= 11 is 0. The molecule has 2 aliphatic carbocycles. The Hall–Kier alpha value is -2.84. The molecular formula is C27H39FN2O6. The largest absolute Gasteiger partial charge is 0.496 e. The maximum absolute atomic E-state index is 14.7. The zero-order valence-electron chi connectivity index (χ0n) is 21.5. The Morgan fingerprint density at radius 3 is 2.36 bits per heavy atom. The summed E-state index contributed by atoms with van der Waals surface area (Å²) in [5.74, 6) is -2.23. The molecule has 0 spiro atoms. The van der Waals surface area contributed by atoms with Crippen LogP contribution in [0.5, 0.6) is 11.5 Å². The number of nitrogens with one attached hydrogen (secondary N) is 2. The van der Waals surface area contributed by atoms with E-state index >= 15 is 0 Å². The van der Waals surface area contributed by atoms with Crippen molar-refractivity contribution in [2.75, 3.05) is 13.7 Å². The summed E-state index contributed by atoms with van der Waals surface area (Å²) < 4.78 is 25.8. The van der Waals surface area contributed by atoms with E-state index in [1.807, 2.05) is 0 Å². The van der Waals surface area contributed by atoms with E-state index in [9.17, 15) is 23.9 Å². The lowest BCUT2D eigenvalue weighted by Gasteiger charge is -2.27. The van der Waals surface area contributed by atoms with Crippen LogP contribution in [0.15, 0.2) is 12.1 Å². The highest BCUT2D eigenvalue weighted by atomic mass is 19.1. The molecule has 9 heteroatoms. The molecule has 1 aromatic carbocycles. The first-order chi connectivity index (χ1) is 17.3. The molecule has 2 aliphatic rings. The van der Waals surface area contributed by atoms with Crippen molar-refractivity contribution in [1.82, 2.24) is 10.6 Å². The maximum Gasteiger partial charge on any atom is 0.306 e. The lowest BCUT2D eigenvalue weighted by molar-refractivity contribution is -0.143. The third kappa shape index (κ3) is 6.89. The van der Waals surface area contributed by atoms with Crippen LogP contribution >= 0.6 is 0 Å². The van der Waals surface area contributed by atoms with Gasteiger partial charge in [-0.1, -0.05) is 33.1 Å². The zero-order chi connectivity index (χ0) is 26.2. The molecule has 2 fully saturated rings. The van der Waals surface area contributed by atoms with Gasteiger partial charge in [-0.05, 0) is 50.5 Å². The quantitative estimate of drug-likeness (QED) is 0.412. The number of aliphatic carboxylic acids is 1. The Balaban J connectivity index is 1.67. The summed E-state index contributed by atoms with van der Waals surface area (Å²) in [4.78, 5) is 37.2. The van der Waals surface area contributed by atoms with Gasteiger partial charge in [-0.25, -0.2) is 4.39 Å². The third-order valence-corrected chi connectivity index (χ3v) is 7.70. The number of ether oxygens (including phenoxy) is 2. The number of benzene rings is 1. The number of rotatable bonds is 11. The standard InChI is InChI=1S/C27H39FN2O6/c1-4-16(5-2)15-29-25(31)19-7-6-8-22(19)30-26(32)20-13-24(21(28)14-23(20)35-3)36-18-11-9-17(10-12-18)27(33)34/h13-14,16-19,22H,4-12,15H2,1-3H3,(H,29,31)(H,30,32)(H,33,34). The van der Waals surface area contributed by atoms with Gasteiger partial charge < -0.3 is 25.2 Å². The van der Waals surface area contributed by atoms with E-state index < -0.39 is 23.6 Å². The van der Waals surface area contributed by atoms with Gasteiger partial charge in [-0.3, -0.25) is 14.4 Å². The molecule has 2 atom stereocenters. The molecule has 200 valence electrons. The summed E-state index contributed by atoms with van der Waals surface area (Å²) in [6, 6.07) is 2.15. The van der Waals surface area contributed by atoms with Crippen LogP contribution in [0.25, 0.3) is 0 Å². The topological polar surface area (TPSA) is 114 Å². The van der Waals surface area contributed by atoms with Gasteiger partial charge in [0.05, 0.1) is 30.6 Å². The van der Waals surface area contributed by atoms with Crippen LogP contribution in [-0.2, 0) is 9.59 Å². The maximum atomic E-state index is 14.7. The van der Waals surface area contributed by atoms with Crippen molar-refractivity contribution in [2.24, 2.45) is 17.8 Å². The van der Waals surface area contributed by atoms with E-state index in [0.29, 0.717) is 51.0 Å². The second kappa shape index (κ2) is 12.9.